The van der Waals surface area contributed by atoms with Crippen molar-refractivity contribution in [1.29, 1.82) is 0 Å². The number of halogens is 3. The Morgan fingerprint density at radius 2 is 1.68 bits per heavy atom. The predicted octanol–water partition coefficient (Wildman–Crippen LogP) is 2.70. The first-order valence-corrected chi connectivity index (χ1v) is 9.34. The Labute approximate surface area is 149 Å². The molecule has 134 valence electrons. The number of hydrogen-bond acceptors (Lipinski definition) is 3. The van der Waals surface area contributed by atoms with Crippen molar-refractivity contribution in [3.8, 4) is 0 Å². The van der Waals surface area contributed by atoms with Crippen LogP contribution in [-0.4, -0.2) is 27.1 Å². The number of carbonyl (C=O) groups excluding carboxylic acids is 1. The van der Waals surface area contributed by atoms with Crippen molar-refractivity contribution < 1.29 is 22.0 Å². The highest BCUT2D eigenvalue weighted by molar-refractivity contribution is 7.92. The van der Waals surface area contributed by atoms with Gasteiger partial charge in [0.15, 0.2) is 11.6 Å². The number of anilines is 1. The van der Waals surface area contributed by atoms with E-state index in [-0.39, 0.29) is 6.54 Å². The second kappa shape index (κ2) is 7.79. The Morgan fingerprint density at radius 3 is 2.20 bits per heavy atom. The van der Waals surface area contributed by atoms with E-state index in [0.29, 0.717) is 9.33 Å². The van der Waals surface area contributed by atoms with Crippen molar-refractivity contribution in [2.75, 3.05) is 17.1 Å². The van der Waals surface area contributed by atoms with Gasteiger partial charge in [0.1, 0.15) is 12.2 Å². The maximum atomic E-state index is 13.9. The van der Waals surface area contributed by atoms with Crippen LogP contribution in [-0.2, 0) is 21.4 Å². The minimum Gasteiger partial charge on any atom is -0.350 e. The second-order valence-corrected chi connectivity index (χ2v) is 7.59. The van der Waals surface area contributed by atoms with Gasteiger partial charge < -0.3 is 5.32 Å². The first kappa shape index (κ1) is 19.1. The molecule has 0 bridgehead atoms. The second-order valence-electron chi connectivity index (χ2n) is 5.24. The Kier molecular flexibility index (Phi) is 5.97. The summed E-state index contributed by atoms with van der Waals surface area (Å²) in [4.78, 5) is 12.0. The summed E-state index contributed by atoms with van der Waals surface area (Å²) in [5.41, 5.74) is -0.0487. The zero-order valence-electron chi connectivity index (χ0n) is 13.2. The van der Waals surface area contributed by atoms with E-state index >= 15 is 0 Å². The van der Waals surface area contributed by atoms with Gasteiger partial charge in [-0.05, 0) is 29.8 Å². The first-order chi connectivity index (χ1) is 11.7. The molecule has 9 heteroatoms. The highest BCUT2D eigenvalue weighted by Gasteiger charge is 2.26. The molecule has 2 aromatic carbocycles. The van der Waals surface area contributed by atoms with Crippen molar-refractivity contribution in [1.82, 2.24) is 5.32 Å². The minimum atomic E-state index is -4.07. The molecule has 0 fully saturated rings. The molecule has 0 atom stereocenters. The summed E-state index contributed by atoms with van der Waals surface area (Å²) in [6.07, 6.45) is 0.769. The van der Waals surface area contributed by atoms with Crippen LogP contribution in [0.5, 0.6) is 0 Å². The third-order valence-corrected chi connectivity index (χ3v) is 4.64. The molecule has 0 aliphatic heterocycles. The largest absolute Gasteiger partial charge is 0.350 e. The normalized spacial score (nSPS) is 11.2. The number of para-hydroxylation sites is 1. The number of benzene rings is 2. The van der Waals surface area contributed by atoms with Gasteiger partial charge in [-0.15, -0.1) is 0 Å². The average Bonchev–Trinajstić information content (AvgIpc) is 2.52. The maximum absolute atomic E-state index is 13.9. The van der Waals surface area contributed by atoms with Crippen LogP contribution in [0, 0.1) is 11.6 Å². The molecule has 0 unspecified atom stereocenters. The number of sulfonamides is 1. The summed E-state index contributed by atoms with van der Waals surface area (Å²) in [5, 5.41) is 3.03. The van der Waals surface area contributed by atoms with Crippen molar-refractivity contribution in [2.45, 2.75) is 6.54 Å². The van der Waals surface area contributed by atoms with Crippen LogP contribution in [0.2, 0.25) is 5.02 Å². The molecule has 2 rings (SSSR count). The lowest BCUT2D eigenvalue weighted by Gasteiger charge is -2.22. The van der Waals surface area contributed by atoms with Crippen LogP contribution in [0.3, 0.4) is 0 Å². The predicted molar refractivity (Wildman–Crippen MR) is 91.8 cm³/mol. The molecule has 0 aliphatic rings. The molecule has 1 N–H and O–H groups in total. The first-order valence-electron chi connectivity index (χ1n) is 7.11. The smallest absolute Gasteiger partial charge is 0.241 e. The van der Waals surface area contributed by atoms with E-state index in [1.54, 1.807) is 24.3 Å². The summed E-state index contributed by atoms with van der Waals surface area (Å²) in [7, 11) is -4.07. The van der Waals surface area contributed by atoms with Gasteiger partial charge in [-0.1, -0.05) is 29.8 Å². The summed E-state index contributed by atoms with van der Waals surface area (Å²) in [5.74, 6) is -2.85. The Morgan fingerprint density at radius 1 is 1.12 bits per heavy atom. The Hall–Kier alpha value is -2.19. The van der Waals surface area contributed by atoms with Crippen molar-refractivity contribution in [3.63, 3.8) is 0 Å². The molecular weight excluding hydrogens is 374 g/mol. The van der Waals surface area contributed by atoms with Gasteiger partial charge in [0.05, 0.1) is 6.26 Å². The number of carbonyl (C=O) groups is 1. The standard InChI is InChI=1S/C16H15ClF2N2O3S/c1-25(23,24)21(16-13(18)3-2-4-14(16)19)10-15(22)20-9-11-5-7-12(17)8-6-11/h2-8H,9-10H2,1H3,(H,20,22). The summed E-state index contributed by atoms with van der Waals surface area (Å²) >= 11 is 5.76. The third-order valence-electron chi connectivity index (χ3n) is 3.28. The van der Waals surface area contributed by atoms with E-state index in [1.807, 2.05) is 0 Å². The lowest BCUT2D eigenvalue weighted by molar-refractivity contribution is -0.119. The van der Waals surface area contributed by atoms with E-state index in [2.05, 4.69) is 5.32 Å². The molecule has 0 radical (unpaired) electrons. The highest BCUT2D eigenvalue weighted by Crippen LogP contribution is 2.25. The van der Waals surface area contributed by atoms with Gasteiger partial charge in [0.2, 0.25) is 15.9 Å². The number of hydrogen-bond donors (Lipinski definition) is 1. The van der Waals surface area contributed by atoms with E-state index in [1.165, 1.54) is 0 Å². The molecule has 0 aliphatic carbocycles. The number of rotatable bonds is 6. The number of nitrogens with zero attached hydrogens (tertiary/aromatic N) is 1. The van der Waals surface area contributed by atoms with Gasteiger partial charge in [0, 0.05) is 11.6 Å². The Bertz CT molecular complexity index is 853. The van der Waals surface area contributed by atoms with Crippen molar-refractivity contribution >= 4 is 33.2 Å². The van der Waals surface area contributed by atoms with E-state index in [0.717, 1.165) is 30.0 Å². The lowest BCUT2D eigenvalue weighted by atomic mass is 10.2. The van der Waals surface area contributed by atoms with Crippen LogP contribution < -0.4 is 9.62 Å². The van der Waals surface area contributed by atoms with Gasteiger partial charge in [-0.3, -0.25) is 9.10 Å². The van der Waals surface area contributed by atoms with Crippen LogP contribution >= 0.6 is 11.6 Å². The fourth-order valence-electron chi connectivity index (χ4n) is 2.08. The van der Waals surface area contributed by atoms with Crippen LogP contribution in [0.15, 0.2) is 42.5 Å². The molecule has 0 saturated carbocycles. The maximum Gasteiger partial charge on any atom is 0.241 e. The summed E-state index contributed by atoms with van der Waals surface area (Å²) < 4.78 is 51.9. The van der Waals surface area contributed by atoms with Gasteiger partial charge in [-0.2, -0.15) is 0 Å². The quantitative estimate of drug-likeness (QED) is 0.827. The summed E-state index contributed by atoms with van der Waals surface area (Å²) in [6.45, 7) is -0.627. The third kappa shape index (κ3) is 5.14. The van der Waals surface area contributed by atoms with Gasteiger partial charge >= 0.3 is 0 Å². The average molecular weight is 389 g/mol. The number of amides is 1. The zero-order chi connectivity index (χ0) is 18.6. The molecule has 5 nitrogen and oxygen atoms in total. The van der Waals surface area contributed by atoms with Gasteiger partial charge in [-0.25, -0.2) is 17.2 Å². The SMILES string of the molecule is CS(=O)(=O)N(CC(=O)NCc1ccc(Cl)cc1)c1c(F)cccc1F. The fourth-order valence-corrected chi connectivity index (χ4v) is 3.06. The van der Waals surface area contributed by atoms with E-state index in [4.69, 9.17) is 11.6 Å². The summed E-state index contributed by atoms with van der Waals surface area (Å²) in [6, 6.07) is 9.60. The van der Waals surface area contributed by atoms with Crippen molar-refractivity contribution in [2.24, 2.45) is 0 Å². The molecular formula is C16H15ClF2N2O3S. The monoisotopic (exact) mass is 388 g/mol. The molecule has 0 heterocycles. The lowest BCUT2D eigenvalue weighted by Crippen LogP contribution is -2.41. The van der Waals surface area contributed by atoms with Crippen molar-refractivity contribution in [3.05, 3.63) is 64.7 Å². The van der Waals surface area contributed by atoms with E-state index in [9.17, 15) is 22.0 Å². The molecule has 1 amide bonds. The molecule has 0 saturated heterocycles. The highest BCUT2D eigenvalue weighted by atomic mass is 35.5. The molecule has 0 spiro atoms. The van der Waals surface area contributed by atoms with Crippen LogP contribution in [0.4, 0.5) is 14.5 Å². The molecule has 25 heavy (non-hydrogen) atoms. The molecule has 2 aromatic rings. The zero-order valence-corrected chi connectivity index (χ0v) is 14.7. The fraction of sp³-hybridized carbons (Fsp3) is 0.188. The molecule has 0 aromatic heterocycles. The van der Waals surface area contributed by atoms with Crippen LogP contribution in [0.1, 0.15) is 5.56 Å². The topological polar surface area (TPSA) is 66.5 Å². The van der Waals surface area contributed by atoms with E-state index < -0.39 is 39.8 Å². The van der Waals surface area contributed by atoms with Crippen LogP contribution in [0.25, 0.3) is 0 Å². The Balaban J connectivity index is 2.15. The van der Waals surface area contributed by atoms with Gasteiger partial charge in [0.25, 0.3) is 0 Å². The number of nitrogens with one attached hydrogen (secondary N) is 1. The minimum absolute atomic E-state index is 0.118.